The minimum absolute atomic E-state index is 0.218. The van der Waals surface area contributed by atoms with E-state index in [9.17, 15) is 13.5 Å². The summed E-state index contributed by atoms with van der Waals surface area (Å²) in [5.41, 5.74) is -0.532. The van der Waals surface area contributed by atoms with Crippen molar-refractivity contribution in [2.45, 2.75) is 31.5 Å². The largest absolute Gasteiger partial charge is 0.390 e. The van der Waals surface area contributed by atoms with E-state index in [0.29, 0.717) is 5.69 Å². The normalized spacial score (nSPS) is 14.1. The van der Waals surface area contributed by atoms with E-state index in [-0.39, 0.29) is 10.9 Å². The average molecular weight is 310 g/mol. The summed E-state index contributed by atoms with van der Waals surface area (Å²) < 4.78 is 26.1. The van der Waals surface area contributed by atoms with Crippen molar-refractivity contribution in [1.82, 2.24) is 20.2 Å². The SMILES string of the molecule is C[C@@H](CS(=O)(=O)c1nnnn1-c1ccccc1)C(C)(C)O. The zero-order valence-corrected chi connectivity index (χ0v) is 12.9. The number of hydrogen-bond acceptors (Lipinski definition) is 6. The molecule has 2 rings (SSSR count). The van der Waals surface area contributed by atoms with Gasteiger partial charge in [-0.1, -0.05) is 30.2 Å². The fraction of sp³-hybridized carbons (Fsp3) is 0.462. The summed E-state index contributed by atoms with van der Waals surface area (Å²) in [6, 6.07) is 8.79. The van der Waals surface area contributed by atoms with Crippen LogP contribution < -0.4 is 0 Å². The van der Waals surface area contributed by atoms with Crippen LogP contribution in [0.15, 0.2) is 35.5 Å². The standard InChI is InChI=1S/C13H18N4O3S/c1-10(13(2,3)18)9-21(19,20)12-14-15-16-17(12)11-7-5-4-6-8-11/h4-8,10,18H,9H2,1-3H3/t10-/m0/s1. The molecule has 0 aliphatic heterocycles. The minimum Gasteiger partial charge on any atom is -0.390 e. The molecule has 2 aromatic rings. The van der Waals surface area contributed by atoms with Gasteiger partial charge in [0.05, 0.1) is 17.0 Å². The third-order valence-corrected chi connectivity index (χ3v) is 5.14. The van der Waals surface area contributed by atoms with Crippen LogP contribution in [-0.4, -0.2) is 45.1 Å². The second-order valence-corrected chi connectivity index (χ2v) is 7.47. The molecule has 0 radical (unpaired) electrons. The monoisotopic (exact) mass is 310 g/mol. The molecule has 114 valence electrons. The van der Waals surface area contributed by atoms with Crippen molar-refractivity contribution >= 4 is 9.84 Å². The Morgan fingerprint density at radius 3 is 2.48 bits per heavy atom. The van der Waals surface area contributed by atoms with Gasteiger partial charge in [-0.2, -0.15) is 4.68 Å². The van der Waals surface area contributed by atoms with E-state index >= 15 is 0 Å². The molecular formula is C13H18N4O3S. The Hall–Kier alpha value is -1.80. The molecule has 1 atom stereocenters. The van der Waals surface area contributed by atoms with Gasteiger partial charge in [0.1, 0.15) is 0 Å². The van der Waals surface area contributed by atoms with Crippen molar-refractivity contribution in [3.63, 3.8) is 0 Å². The zero-order valence-electron chi connectivity index (χ0n) is 12.1. The fourth-order valence-corrected chi connectivity index (χ4v) is 3.49. The van der Waals surface area contributed by atoms with Gasteiger partial charge in [0.15, 0.2) is 0 Å². The number of aliphatic hydroxyl groups is 1. The molecular weight excluding hydrogens is 292 g/mol. The Morgan fingerprint density at radius 1 is 1.29 bits per heavy atom. The van der Waals surface area contributed by atoms with E-state index < -0.39 is 21.4 Å². The minimum atomic E-state index is -3.71. The number of tetrazole rings is 1. The molecule has 0 saturated heterocycles. The molecule has 1 aromatic carbocycles. The topological polar surface area (TPSA) is 98.0 Å². The maximum atomic E-state index is 12.5. The highest BCUT2D eigenvalue weighted by Gasteiger charge is 2.32. The first kappa shape index (κ1) is 15.6. The number of benzene rings is 1. The highest BCUT2D eigenvalue weighted by Crippen LogP contribution is 2.21. The predicted molar refractivity (Wildman–Crippen MR) is 76.7 cm³/mol. The molecule has 0 aliphatic rings. The molecule has 0 aliphatic carbocycles. The summed E-state index contributed by atoms with van der Waals surface area (Å²) in [6.45, 7) is 4.83. The first-order valence-corrected chi connectivity index (χ1v) is 8.16. The Kier molecular flexibility index (Phi) is 4.11. The number of hydrogen-bond donors (Lipinski definition) is 1. The summed E-state index contributed by atoms with van der Waals surface area (Å²) >= 11 is 0. The highest BCUT2D eigenvalue weighted by atomic mass is 32.2. The van der Waals surface area contributed by atoms with Crippen LogP contribution in [0.5, 0.6) is 0 Å². The molecule has 0 fully saturated rings. The number of nitrogens with zero attached hydrogens (tertiary/aromatic N) is 4. The van der Waals surface area contributed by atoms with Gasteiger partial charge in [0.2, 0.25) is 9.84 Å². The number of rotatable bonds is 5. The predicted octanol–water partition coefficient (Wildman–Crippen LogP) is 0.843. The molecule has 7 nitrogen and oxygen atoms in total. The maximum absolute atomic E-state index is 12.5. The third-order valence-electron chi connectivity index (χ3n) is 3.40. The van der Waals surface area contributed by atoms with Crippen LogP contribution in [0, 0.1) is 5.92 Å². The van der Waals surface area contributed by atoms with Crippen molar-refractivity contribution in [1.29, 1.82) is 0 Å². The lowest BCUT2D eigenvalue weighted by Crippen LogP contribution is -2.34. The van der Waals surface area contributed by atoms with Gasteiger partial charge < -0.3 is 5.11 Å². The molecule has 0 spiro atoms. The Morgan fingerprint density at radius 2 is 1.90 bits per heavy atom. The van der Waals surface area contributed by atoms with Crippen LogP contribution in [0.25, 0.3) is 5.69 Å². The molecule has 0 bridgehead atoms. The van der Waals surface area contributed by atoms with Crippen LogP contribution in [-0.2, 0) is 9.84 Å². The van der Waals surface area contributed by atoms with E-state index in [1.54, 1.807) is 45.0 Å². The summed E-state index contributed by atoms with van der Waals surface area (Å²) in [7, 11) is -3.71. The molecule has 0 amide bonds. The average Bonchev–Trinajstić information content (AvgIpc) is 2.88. The second kappa shape index (κ2) is 5.53. The quantitative estimate of drug-likeness (QED) is 0.879. The van der Waals surface area contributed by atoms with Gasteiger partial charge in [0.25, 0.3) is 5.16 Å². The van der Waals surface area contributed by atoms with Gasteiger partial charge in [-0.3, -0.25) is 0 Å². The molecule has 8 heteroatoms. The number of sulfone groups is 1. The van der Waals surface area contributed by atoms with Crippen molar-refractivity contribution in [2.24, 2.45) is 5.92 Å². The van der Waals surface area contributed by atoms with Gasteiger partial charge >= 0.3 is 0 Å². The second-order valence-electron chi connectivity index (χ2n) is 5.54. The summed E-state index contributed by atoms with van der Waals surface area (Å²) in [5, 5.41) is 20.5. The van der Waals surface area contributed by atoms with Gasteiger partial charge in [-0.05, 0) is 42.3 Å². The van der Waals surface area contributed by atoms with E-state index in [1.165, 1.54) is 4.68 Å². The van der Waals surface area contributed by atoms with Gasteiger partial charge in [-0.25, -0.2) is 8.42 Å². The van der Waals surface area contributed by atoms with E-state index in [2.05, 4.69) is 15.5 Å². The summed E-state index contributed by atoms with van der Waals surface area (Å²) in [5.74, 6) is -0.688. The van der Waals surface area contributed by atoms with E-state index in [1.807, 2.05) is 6.07 Å². The number of para-hydroxylation sites is 1. The molecule has 0 saturated carbocycles. The summed E-state index contributed by atoms with van der Waals surface area (Å²) in [6.07, 6.45) is 0. The van der Waals surface area contributed by atoms with Crippen molar-refractivity contribution < 1.29 is 13.5 Å². The first-order valence-electron chi connectivity index (χ1n) is 6.51. The molecule has 1 aromatic heterocycles. The fourth-order valence-electron chi connectivity index (χ4n) is 1.71. The molecule has 0 unspecified atom stereocenters. The summed E-state index contributed by atoms with van der Waals surface area (Å²) in [4.78, 5) is 0. The lowest BCUT2D eigenvalue weighted by molar-refractivity contribution is 0.0339. The van der Waals surface area contributed by atoms with E-state index in [0.717, 1.165) is 0 Å². The Labute approximate surface area is 123 Å². The lowest BCUT2D eigenvalue weighted by atomic mass is 9.95. The van der Waals surface area contributed by atoms with E-state index in [4.69, 9.17) is 0 Å². The van der Waals surface area contributed by atoms with Gasteiger partial charge in [-0.15, -0.1) is 0 Å². The van der Waals surface area contributed by atoms with Crippen molar-refractivity contribution in [2.75, 3.05) is 5.75 Å². The van der Waals surface area contributed by atoms with Crippen LogP contribution >= 0.6 is 0 Å². The molecule has 1 heterocycles. The lowest BCUT2D eigenvalue weighted by Gasteiger charge is -2.25. The smallest absolute Gasteiger partial charge is 0.272 e. The Balaban J connectivity index is 2.37. The first-order chi connectivity index (χ1) is 9.72. The van der Waals surface area contributed by atoms with Crippen molar-refractivity contribution in [3.05, 3.63) is 30.3 Å². The van der Waals surface area contributed by atoms with Crippen LogP contribution in [0.3, 0.4) is 0 Å². The van der Waals surface area contributed by atoms with Gasteiger partial charge in [0, 0.05) is 0 Å². The highest BCUT2D eigenvalue weighted by molar-refractivity contribution is 7.91. The molecule has 21 heavy (non-hydrogen) atoms. The van der Waals surface area contributed by atoms with Crippen LogP contribution in [0.1, 0.15) is 20.8 Å². The van der Waals surface area contributed by atoms with Crippen LogP contribution in [0.4, 0.5) is 0 Å². The van der Waals surface area contributed by atoms with Crippen molar-refractivity contribution in [3.8, 4) is 5.69 Å². The Bertz CT molecular complexity index is 705. The zero-order chi connectivity index (χ0) is 15.7. The third kappa shape index (κ3) is 3.45. The maximum Gasteiger partial charge on any atom is 0.272 e. The van der Waals surface area contributed by atoms with Crippen LogP contribution in [0.2, 0.25) is 0 Å². The molecule has 1 N–H and O–H groups in total. The number of aromatic nitrogens is 4.